The van der Waals surface area contributed by atoms with Crippen molar-refractivity contribution in [2.45, 2.75) is 19.9 Å². The third-order valence-corrected chi connectivity index (χ3v) is 4.71. The van der Waals surface area contributed by atoms with E-state index in [0.29, 0.717) is 12.0 Å². The number of hydrogen-bond acceptors (Lipinski definition) is 4. The summed E-state index contributed by atoms with van der Waals surface area (Å²) in [5, 5.41) is 6.93. The lowest BCUT2D eigenvalue weighted by atomic mass is 10.0. The van der Waals surface area contributed by atoms with Crippen LogP contribution in [0.2, 0.25) is 0 Å². The molecule has 1 fully saturated rings. The van der Waals surface area contributed by atoms with Gasteiger partial charge in [-0.25, -0.2) is 0 Å². The van der Waals surface area contributed by atoms with Crippen molar-refractivity contribution in [1.29, 1.82) is 0 Å². The minimum atomic E-state index is 0.0472. The molecular formula is C15H25N3OS. The highest BCUT2D eigenvalue weighted by molar-refractivity contribution is 7.08. The van der Waals surface area contributed by atoms with E-state index in [1.807, 2.05) is 16.8 Å². The van der Waals surface area contributed by atoms with E-state index >= 15 is 0 Å². The third kappa shape index (κ3) is 4.04. The molecule has 1 aromatic rings. The number of nitrogens with one attached hydrogen (secondary N) is 1. The lowest BCUT2D eigenvalue weighted by Gasteiger charge is -2.39. The van der Waals surface area contributed by atoms with Crippen molar-refractivity contribution in [3.8, 4) is 0 Å². The molecule has 2 heterocycles. The Labute approximate surface area is 125 Å². The Morgan fingerprint density at radius 1 is 1.35 bits per heavy atom. The van der Waals surface area contributed by atoms with Crippen molar-refractivity contribution in [3.63, 3.8) is 0 Å². The fourth-order valence-electron chi connectivity index (χ4n) is 2.63. The van der Waals surface area contributed by atoms with Gasteiger partial charge in [-0.15, -0.1) is 0 Å². The number of hydrogen-bond donors (Lipinski definition) is 1. The predicted octanol–water partition coefficient (Wildman–Crippen LogP) is 1.75. The fraction of sp³-hybridized carbons (Fsp3) is 0.667. The molecule has 4 nitrogen and oxygen atoms in total. The first kappa shape index (κ1) is 15.5. The molecule has 1 unspecified atom stereocenters. The van der Waals surface area contributed by atoms with Crippen LogP contribution in [0.25, 0.3) is 0 Å². The normalized spacial score (nSPS) is 19.2. The molecule has 0 aromatic carbocycles. The highest BCUT2D eigenvalue weighted by Gasteiger charge is 2.25. The molecule has 1 aliphatic heterocycles. The summed E-state index contributed by atoms with van der Waals surface area (Å²) in [4.78, 5) is 16.9. The lowest BCUT2D eigenvalue weighted by molar-refractivity contribution is 0.0791. The number of piperazine rings is 1. The molecule has 1 saturated heterocycles. The number of carbonyl (C=O) groups excluding carboxylic acids is 1. The number of amides is 1. The summed E-state index contributed by atoms with van der Waals surface area (Å²) in [6, 6.07) is 2.30. The number of rotatable bonds is 5. The first-order chi connectivity index (χ1) is 9.58. The minimum Gasteiger partial charge on any atom is -0.350 e. The van der Waals surface area contributed by atoms with Crippen molar-refractivity contribution < 1.29 is 4.79 Å². The summed E-state index contributed by atoms with van der Waals surface area (Å²) in [5.41, 5.74) is 0.774. The Bertz CT molecular complexity index is 411. The summed E-state index contributed by atoms with van der Waals surface area (Å²) in [5.74, 6) is 0.590. The molecule has 0 saturated carbocycles. The van der Waals surface area contributed by atoms with Gasteiger partial charge in [0.05, 0.1) is 0 Å². The van der Waals surface area contributed by atoms with Gasteiger partial charge in [-0.1, -0.05) is 13.8 Å². The SMILES string of the molecule is CC(C)C(CNC(=O)c1ccsc1)N1CCN(C)CC1. The molecule has 0 spiro atoms. The van der Waals surface area contributed by atoms with E-state index in [9.17, 15) is 4.79 Å². The summed E-state index contributed by atoms with van der Waals surface area (Å²) < 4.78 is 0. The van der Waals surface area contributed by atoms with E-state index < -0.39 is 0 Å². The average molecular weight is 295 g/mol. The van der Waals surface area contributed by atoms with Gasteiger partial charge in [-0.3, -0.25) is 9.69 Å². The maximum absolute atomic E-state index is 12.0. The molecule has 1 atom stereocenters. The Kier molecular flexibility index (Phi) is 5.57. The van der Waals surface area contributed by atoms with Gasteiger partial charge in [0, 0.05) is 49.7 Å². The van der Waals surface area contributed by atoms with Crippen LogP contribution < -0.4 is 5.32 Å². The summed E-state index contributed by atoms with van der Waals surface area (Å²) in [7, 11) is 2.17. The van der Waals surface area contributed by atoms with Crippen LogP contribution in [0.4, 0.5) is 0 Å². The van der Waals surface area contributed by atoms with Crippen molar-refractivity contribution in [2.75, 3.05) is 39.8 Å². The second-order valence-electron chi connectivity index (χ2n) is 5.87. The van der Waals surface area contributed by atoms with Gasteiger partial charge in [0.2, 0.25) is 0 Å². The fourth-order valence-corrected chi connectivity index (χ4v) is 3.27. The molecule has 20 heavy (non-hydrogen) atoms. The Hall–Kier alpha value is -0.910. The van der Waals surface area contributed by atoms with Gasteiger partial charge < -0.3 is 10.2 Å². The highest BCUT2D eigenvalue weighted by Crippen LogP contribution is 2.13. The standard InChI is InChI=1S/C15H25N3OS/c1-12(2)14(18-7-5-17(3)6-8-18)10-16-15(19)13-4-9-20-11-13/h4,9,11-12,14H,5-8,10H2,1-3H3,(H,16,19). The molecule has 0 radical (unpaired) electrons. The molecule has 1 aliphatic rings. The maximum atomic E-state index is 12.0. The third-order valence-electron chi connectivity index (χ3n) is 4.03. The van der Waals surface area contributed by atoms with Crippen LogP contribution in [0.5, 0.6) is 0 Å². The van der Waals surface area contributed by atoms with E-state index in [4.69, 9.17) is 0 Å². The summed E-state index contributed by atoms with van der Waals surface area (Å²) >= 11 is 1.56. The highest BCUT2D eigenvalue weighted by atomic mass is 32.1. The lowest BCUT2D eigenvalue weighted by Crippen LogP contribution is -2.54. The topological polar surface area (TPSA) is 35.6 Å². The largest absolute Gasteiger partial charge is 0.350 e. The Morgan fingerprint density at radius 2 is 2.05 bits per heavy atom. The second kappa shape index (κ2) is 7.20. The first-order valence-electron chi connectivity index (χ1n) is 7.31. The second-order valence-corrected chi connectivity index (χ2v) is 6.65. The predicted molar refractivity (Wildman–Crippen MR) is 84.3 cm³/mol. The van der Waals surface area contributed by atoms with Crippen LogP contribution in [-0.4, -0.2) is 61.5 Å². The molecule has 1 N–H and O–H groups in total. The average Bonchev–Trinajstić information content (AvgIpc) is 2.94. The first-order valence-corrected chi connectivity index (χ1v) is 8.25. The van der Waals surface area contributed by atoms with Gasteiger partial charge in [-0.05, 0) is 24.4 Å². The van der Waals surface area contributed by atoms with Gasteiger partial charge in [0.1, 0.15) is 0 Å². The zero-order valence-corrected chi connectivity index (χ0v) is 13.4. The van der Waals surface area contributed by atoms with Gasteiger partial charge in [-0.2, -0.15) is 11.3 Å². The van der Waals surface area contributed by atoms with E-state index in [1.54, 1.807) is 11.3 Å². The van der Waals surface area contributed by atoms with Crippen LogP contribution in [0, 0.1) is 5.92 Å². The zero-order valence-electron chi connectivity index (χ0n) is 12.6. The maximum Gasteiger partial charge on any atom is 0.252 e. The smallest absolute Gasteiger partial charge is 0.252 e. The van der Waals surface area contributed by atoms with Gasteiger partial charge in [0.15, 0.2) is 0 Å². The van der Waals surface area contributed by atoms with Gasteiger partial charge in [0.25, 0.3) is 5.91 Å². The molecule has 0 bridgehead atoms. The van der Waals surface area contributed by atoms with Crippen LogP contribution >= 0.6 is 11.3 Å². The molecule has 112 valence electrons. The molecular weight excluding hydrogens is 270 g/mol. The number of thiophene rings is 1. The summed E-state index contributed by atoms with van der Waals surface area (Å²) in [6.45, 7) is 9.61. The Balaban J connectivity index is 1.88. The van der Waals surface area contributed by atoms with Crippen LogP contribution in [0.3, 0.4) is 0 Å². The number of likely N-dealkylation sites (N-methyl/N-ethyl adjacent to an activating group) is 1. The molecule has 2 rings (SSSR count). The van der Waals surface area contributed by atoms with Gasteiger partial charge >= 0.3 is 0 Å². The molecule has 5 heteroatoms. The van der Waals surface area contributed by atoms with Crippen molar-refractivity contribution in [1.82, 2.24) is 15.1 Å². The van der Waals surface area contributed by atoms with Crippen molar-refractivity contribution >= 4 is 17.2 Å². The Morgan fingerprint density at radius 3 is 2.60 bits per heavy atom. The number of carbonyl (C=O) groups is 1. The van der Waals surface area contributed by atoms with Crippen molar-refractivity contribution in [3.05, 3.63) is 22.4 Å². The minimum absolute atomic E-state index is 0.0472. The quantitative estimate of drug-likeness (QED) is 0.899. The molecule has 1 amide bonds. The van der Waals surface area contributed by atoms with E-state index in [1.165, 1.54) is 0 Å². The van der Waals surface area contributed by atoms with E-state index in [2.05, 4.69) is 36.0 Å². The van der Waals surface area contributed by atoms with Crippen LogP contribution in [-0.2, 0) is 0 Å². The number of nitrogens with zero attached hydrogens (tertiary/aromatic N) is 2. The van der Waals surface area contributed by atoms with Crippen LogP contribution in [0.1, 0.15) is 24.2 Å². The molecule has 0 aliphatic carbocycles. The zero-order chi connectivity index (χ0) is 14.5. The monoisotopic (exact) mass is 295 g/mol. The van der Waals surface area contributed by atoms with E-state index in [0.717, 1.165) is 38.3 Å². The summed E-state index contributed by atoms with van der Waals surface area (Å²) in [6.07, 6.45) is 0. The van der Waals surface area contributed by atoms with E-state index in [-0.39, 0.29) is 5.91 Å². The van der Waals surface area contributed by atoms with Crippen LogP contribution in [0.15, 0.2) is 16.8 Å². The molecule has 1 aromatic heterocycles. The van der Waals surface area contributed by atoms with Crippen molar-refractivity contribution in [2.24, 2.45) is 5.92 Å².